The highest BCUT2D eigenvalue weighted by molar-refractivity contribution is 5.96. The highest BCUT2D eigenvalue weighted by atomic mass is 16.4. The second kappa shape index (κ2) is 7.91. The van der Waals surface area contributed by atoms with Crippen molar-refractivity contribution in [2.45, 2.75) is 46.1 Å². The van der Waals surface area contributed by atoms with E-state index in [1.165, 1.54) is 0 Å². The maximum absolute atomic E-state index is 12.5. The van der Waals surface area contributed by atoms with E-state index in [0.29, 0.717) is 19.5 Å². The van der Waals surface area contributed by atoms with Crippen LogP contribution in [0.1, 0.15) is 37.3 Å². The zero-order valence-electron chi connectivity index (χ0n) is 16.7. The summed E-state index contributed by atoms with van der Waals surface area (Å²) < 4.78 is 0. The van der Waals surface area contributed by atoms with Crippen molar-refractivity contribution in [3.63, 3.8) is 0 Å². The number of anilines is 1. The highest BCUT2D eigenvalue weighted by Gasteiger charge is 2.55. The Bertz CT molecular complexity index is 774. The van der Waals surface area contributed by atoms with Gasteiger partial charge in [-0.2, -0.15) is 0 Å². The number of fused-ring (bicyclic) bond motifs is 1. The van der Waals surface area contributed by atoms with E-state index in [0.717, 1.165) is 29.7 Å². The van der Waals surface area contributed by atoms with Gasteiger partial charge in [0.15, 0.2) is 0 Å². The van der Waals surface area contributed by atoms with Crippen LogP contribution in [0.5, 0.6) is 0 Å². The number of nitrogens with one attached hydrogen (secondary N) is 2. The zero-order chi connectivity index (χ0) is 20.5. The van der Waals surface area contributed by atoms with Crippen LogP contribution in [0.3, 0.4) is 0 Å². The van der Waals surface area contributed by atoms with E-state index < -0.39 is 17.4 Å². The molecule has 0 bridgehead atoms. The molecule has 1 heterocycles. The normalized spacial score (nSPS) is 25.2. The van der Waals surface area contributed by atoms with Crippen molar-refractivity contribution >= 4 is 23.5 Å². The van der Waals surface area contributed by atoms with Crippen molar-refractivity contribution in [1.82, 2.24) is 10.2 Å². The van der Waals surface area contributed by atoms with Crippen LogP contribution in [0.25, 0.3) is 0 Å². The molecule has 1 saturated carbocycles. The molecule has 3 rings (SSSR count). The average Bonchev–Trinajstić information content (AvgIpc) is 3.20. The van der Waals surface area contributed by atoms with Crippen LogP contribution in [0.15, 0.2) is 18.2 Å². The summed E-state index contributed by atoms with van der Waals surface area (Å²) >= 11 is 0. The van der Waals surface area contributed by atoms with Crippen LogP contribution in [-0.2, 0) is 14.4 Å². The summed E-state index contributed by atoms with van der Waals surface area (Å²) in [5.41, 5.74) is 1.99. The molecular formula is C21H29N3O4. The van der Waals surface area contributed by atoms with E-state index in [9.17, 15) is 19.5 Å². The molecule has 7 heteroatoms. The lowest BCUT2D eigenvalue weighted by Crippen LogP contribution is -2.47. The van der Waals surface area contributed by atoms with Gasteiger partial charge in [-0.25, -0.2) is 0 Å². The Morgan fingerprint density at radius 2 is 1.96 bits per heavy atom. The SMILES string of the molecule is Cc1cccc(C)c1NC(=O)CNC(=O)C(C)N1C[C@@H]2CCC[C@@]2(C(=O)O)C1. The summed E-state index contributed by atoms with van der Waals surface area (Å²) in [6.07, 6.45) is 2.51. The topological polar surface area (TPSA) is 98.7 Å². The standard InChI is InChI=1S/C21H29N3O4/c1-13-6-4-7-14(2)18(13)23-17(25)10-22-19(26)15(3)24-11-16-8-5-9-21(16,12-24)20(27)28/h4,6-7,15-16H,5,8-12H2,1-3H3,(H,22,26)(H,23,25)(H,27,28)/t15?,16-,21+/m0/s1. The van der Waals surface area contributed by atoms with Crippen molar-refractivity contribution in [2.75, 3.05) is 25.0 Å². The lowest BCUT2D eigenvalue weighted by molar-refractivity contribution is -0.149. The highest BCUT2D eigenvalue weighted by Crippen LogP contribution is 2.49. The Kier molecular flexibility index (Phi) is 5.74. The Morgan fingerprint density at radius 3 is 2.57 bits per heavy atom. The summed E-state index contributed by atoms with van der Waals surface area (Å²) in [4.78, 5) is 38.5. The Hall–Kier alpha value is -2.41. The zero-order valence-corrected chi connectivity index (χ0v) is 16.7. The number of likely N-dealkylation sites (tertiary alicyclic amines) is 1. The summed E-state index contributed by atoms with van der Waals surface area (Å²) in [7, 11) is 0. The first-order valence-electron chi connectivity index (χ1n) is 9.86. The molecule has 1 aliphatic carbocycles. The first-order chi connectivity index (χ1) is 13.2. The van der Waals surface area contributed by atoms with Gasteiger partial charge in [0, 0.05) is 18.8 Å². The van der Waals surface area contributed by atoms with Gasteiger partial charge in [-0.15, -0.1) is 0 Å². The van der Waals surface area contributed by atoms with E-state index >= 15 is 0 Å². The van der Waals surface area contributed by atoms with Gasteiger partial charge < -0.3 is 15.7 Å². The number of aliphatic carboxylic acids is 1. The Labute approximate surface area is 165 Å². The number of aryl methyl sites for hydroxylation is 2. The lowest BCUT2D eigenvalue weighted by atomic mass is 9.81. The number of carbonyl (C=O) groups excluding carboxylic acids is 2. The molecule has 0 spiro atoms. The van der Waals surface area contributed by atoms with E-state index in [2.05, 4.69) is 10.6 Å². The van der Waals surface area contributed by atoms with Gasteiger partial charge in [-0.1, -0.05) is 24.6 Å². The molecule has 152 valence electrons. The molecule has 28 heavy (non-hydrogen) atoms. The van der Waals surface area contributed by atoms with Gasteiger partial charge in [0.25, 0.3) is 0 Å². The predicted molar refractivity (Wildman–Crippen MR) is 106 cm³/mol. The number of carbonyl (C=O) groups is 3. The number of nitrogens with zero attached hydrogens (tertiary/aromatic N) is 1. The number of carboxylic acid groups (broad SMARTS) is 1. The molecule has 1 aliphatic heterocycles. The van der Waals surface area contributed by atoms with Crippen molar-refractivity contribution in [3.05, 3.63) is 29.3 Å². The summed E-state index contributed by atoms with van der Waals surface area (Å²) in [6, 6.07) is 5.31. The number of benzene rings is 1. The van der Waals surface area contributed by atoms with Crippen molar-refractivity contribution in [2.24, 2.45) is 11.3 Å². The molecule has 3 atom stereocenters. The number of hydrogen-bond donors (Lipinski definition) is 3. The molecule has 1 aromatic rings. The quantitative estimate of drug-likeness (QED) is 0.693. The lowest BCUT2D eigenvalue weighted by Gasteiger charge is -2.26. The first kappa shape index (κ1) is 20.3. The minimum Gasteiger partial charge on any atom is -0.481 e. The van der Waals surface area contributed by atoms with Gasteiger partial charge in [-0.05, 0) is 50.7 Å². The molecule has 0 aromatic heterocycles. The molecule has 1 aromatic carbocycles. The van der Waals surface area contributed by atoms with E-state index in [1.807, 2.05) is 36.9 Å². The Balaban J connectivity index is 1.54. The minimum atomic E-state index is -0.752. The van der Waals surface area contributed by atoms with Gasteiger partial charge in [-0.3, -0.25) is 19.3 Å². The molecule has 2 fully saturated rings. The van der Waals surface area contributed by atoms with Gasteiger partial charge in [0.05, 0.1) is 18.0 Å². The number of hydrogen-bond acceptors (Lipinski definition) is 4. The van der Waals surface area contributed by atoms with Crippen LogP contribution in [-0.4, -0.2) is 53.5 Å². The molecule has 7 nitrogen and oxygen atoms in total. The van der Waals surface area contributed by atoms with Crippen molar-refractivity contribution < 1.29 is 19.5 Å². The largest absolute Gasteiger partial charge is 0.481 e. The smallest absolute Gasteiger partial charge is 0.311 e. The fraction of sp³-hybridized carbons (Fsp3) is 0.571. The molecule has 0 radical (unpaired) electrons. The van der Waals surface area contributed by atoms with E-state index in [-0.39, 0.29) is 24.3 Å². The molecule has 1 saturated heterocycles. The van der Waals surface area contributed by atoms with Crippen LogP contribution >= 0.6 is 0 Å². The molecule has 2 aliphatic rings. The van der Waals surface area contributed by atoms with Gasteiger partial charge in [0.2, 0.25) is 11.8 Å². The second-order valence-corrected chi connectivity index (χ2v) is 8.19. The first-order valence-corrected chi connectivity index (χ1v) is 9.86. The monoisotopic (exact) mass is 387 g/mol. The fourth-order valence-corrected chi connectivity index (χ4v) is 4.65. The second-order valence-electron chi connectivity index (χ2n) is 8.19. The van der Waals surface area contributed by atoms with Crippen molar-refractivity contribution in [1.29, 1.82) is 0 Å². The van der Waals surface area contributed by atoms with Crippen LogP contribution in [0.4, 0.5) is 5.69 Å². The maximum atomic E-state index is 12.5. The summed E-state index contributed by atoms with van der Waals surface area (Å²) in [5.74, 6) is -1.18. The molecule has 1 unspecified atom stereocenters. The third-order valence-corrected chi connectivity index (χ3v) is 6.42. The summed E-state index contributed by atoms with van der Waals surface area (Å²) in [6.45, 7) is 6.52. The van der Waals surface area contributed by atoms with Crippen molar-refractivity contribution in [3.8, 4) is 0 Å². The maximum Gasteiger partial charge on any atom is 0.311 e. The number of amides is 2. The van der Waals surface area contributed by atoms with Crippen LogP contribution in [0, 0.1) is 25.2 Å². The molecule has 2 amide bonds. The van der Waals surface area contributed by atoms with Crippen LogP contribution in [0.2, 0.25) is 0 Å². The predicted octanol–water partition coefficient (Wildman–Crippen LogP) is 1.93. The van der Waals surface area contributed by atoms with E-state index in [1.54, 1.807) is 6.92 Å². The van der Waals surface area contributed by atoms with Crippen LogP contribution < -0.4 is 10.6 Å². The third kappa shape index (κ3) is 3.76. The fourth-order valence-electron chi connectivity index (χ4n) is 4.65. The molecule has 3 N–H and O–H groups in total. The average molecular weight is 387 g/mol. The number of carboxylic acids is 1. The van der Waals surface area contributed by atoms with Gasteiger partial charge in [0.1, 0.15) is 0 Å². The number of rotatable bonds is 6. The minimum absolute atomic E-state index is 0.104. The molecular weight excluding hydrogens is 358 g/mol. The van der Waals surface area contributed by atoms with Gasteiger partial charge >= 0.3 is 5.97 Å². The number of para-hydroxylation sites is 1. The summed E-state index contributed by atoms with van der Waals surface area (Å²) in [5, 5.41) is 15.2. The Morgan fingerprint density at radius 1 is 1.29 bits per heavy atom. The third-order valence-electron chi connectivity index (χ3n) is 6.42. The van der Waals surface area contributed by atoms with E-state index in [4.69, 9.17) is 0 Å².